The summed E-state index contributed by atoms with van der Waals surface area (Å²) in [6.07, 6.45) is 0. The largest absolute Gasteiger partial charge is 0.337 e. The molecule has 6 nitrogen and oxygen atoms in total. The molecule has 0 bridgehead atoms. The number of hydrogen-bond donors (Lipinski definition) is 0. The van der Waals surface area contributed by atoms with Crippen molar-refractivity contribution in [3.63, 3.8) is 0 Å². The zero-order valence-corrected chi connectivity index (χ0v) is 17.6. The Labute approximate surface area is 169 Å². The van der Waals surface area contributed by atoms with Gasteiger partial charge in [0.05, 0.1) is 15.8 Å². The van der Waals surface area contributed by atoms with Crippen molar-refractivity contribution in [2.75, 3.05) is 40.3 Å². The Balaban J connectivity index is 1.77. The van der Waals surface area contributed by atoms with E-state index in [-0.39, 0.29) is 10.8 Å². The van der Waals surface area contributed by atoms with Crippen LogP contribution in [0.3, 0.4) is 0 Å². The number of thiophene rings is 1. The number of amides is 1. The van der Waals surface area contributed by atoms with Crippen LogP contribution >= 0.6 is 22.9 Å². The van der Waals surface area contributed by atoms with Crippen molar-refractivity contribution in [2.45, 2.75) is 11.4 Å². The van der Waals surface area contributed by atoms with Crippen LogP contribution < -0.4 is 0 Å². The third kappa shape index (κ3) is 4.70. The van der Waals surface area contributed by atoms with Gasteiger partial charge in [-0.3, -0.25) is 4.79 Å². The number of benzene rings is 1. The van der Waals surface area contributed by atoms with Crippen molar-refractivity contribution in [1.29, 1.82) is 0 Å². The number of nitrogens with zero attached hydrogens (tertiary/aromatic N) is 3. The third-order valence-corrected chi connectivity index (χ3v) is 7.66. The fourth-order valence-electron chi connectivity index (χ4n) is 2.93. The quantitative estimate of drug-likeness (QED) is 0.735. The Morgan fingerprint density at radius 3 is 2.52 bits per heavy atom. The number of likely N-dealkylation sites (N-methyl/N-ethyl adjacent to an activating group) is 1. The molecule has 0 aliphatic carbocycles. The molecule has 0 unspecified atom stereocenters. The summed E-state index contributed by atoms with van der Waals surface area (Å²) in [6.45, 7) is 2.73. The van der Waals surface area contributed by atoms with Crippen molar-refractivity contribution < 1.29 is 13.2 Å². The van der Waals surface area contributed by atoms with Crippen LogP contribution in [-0.4, -0.2) is 68.7 Å². The molecular weight excluding hydrogens is 406 g/mol. The molecule has 2 aromatic rings. The third-order valence-electron chi connectivity index (χ3n) is 4.55. The number of piperazine rings is 1. The van der Waals surface area contributed by atoms with E-state index in [0.29, 0.717) is 42.6 Å². The first kappa shape index (κ1) is 20.3. The van der Waals surface area contributed by atoms with Gasteiger partial charge >= 0.3 is 0 Å². The first-order valence-corrected chi connectivity index (χ1v) is 11.2. The maximum absolute atomic E-state index is 12.9. The molecular formula is C18H22ClN3O3S2. The van der Waals surface area contributed by atoms with Crippen LogP contribution in [0.15, 0.2) is 41.3 Å². The van der Waals surface area contributed by atoms with Gasteiger partial charge in [-0.1, -0.05) is 17.7 Å². The number of hydrogen-bond acceptors (Lipinski definition) is 5. The number of carbonyl (C=O) groups is 1. The second-order valence-electron chi connectivity index (χ2n) is 6.60. The Hall–Kier alpha value is -1.45. The van der Waals surface area contributed by atoms with Gasteiger partial charge in [0, 0.05) is 43.7 Å². The molecule has 0 N–H and O–H groups in total. The monoisotopic (exact) mass is 427 g/mol. The maximum atomic E-state index is 12.9. The van der Waals surface area contributed by atoms with E-state index in [1.54, 1.807) is 36.2 Å². The first-order chi connectivity index (χ1) is 12.8. The predicted molar refractivity (Wildman–Crippen MR) is 108 cm³/mol. The Kier molecular flexibility index (Phi) is 6.22. The van der Waals surface area contributed by atoms with Crippen LogP contribution in [0.2, 0.25) is 4.34 Å². The van der Waals surface area contributed by atoms with Crippen LogP contribution in [0, 0.1) is 0 Å². The fraction of sp³-hybridized carbons (Fsp3) is 0.389. The van der Waals surface area contributed by atoms with Crippen LogP contribution in [0.1, 0.15) is 15.2 Å². The summed E-state index contributed by atoms with van der Waals surface area (Å²) in [7, 11) is 0.0620. The fourth-order valence-corrected chi connectivity index (χ4v) is 5.54. The van der Waals surface area contributed by atoms with Crippen LogP contribution in [0.5, 0.6) is 0 Å². The van der Waals surface area contributed by atoms with Gasteiger partial charge in [0.25, 0.3) is 5.91 Å². The molecule has 146 valence electrons. The van der Waals surface area contributed by atoms with Crippen LogP contribution in [0.4, 0.5) is 0 Å². The molecule has 3 rings (SSSR count). The average molecular weight is 428 g/mol. The molecule has 1 aromatic carbocycles. The van der Waals surface area contributed by atoms with E-state index in [4.69, 9.17) is 11.6 Å². The zero-order chi connectivity index (χ0) is 19.6. The minimum atomic E-state index is -3.60. The highest BCUT2D eigenvalue weighted by Gasteiger charge is 2.28. The summed E-state index contributed by atoms with van der Waals surface area (Å²) in [5, 5.41) is 0. The average Bonchev–Trinajstić information content (AvgIpc) is 3.06. The first-order valence-electron chi connectivity index (χ1n) is 8.56. The van der Waals surface area contributed by atoms with Gasteiger partial charge in [0.15, 0.2) is 0 Å². The second-order valence-corrected chi connectivity index (χ2v) is 10.3. The number of sulfonamides is 1. The van der Waals surface area contributed by atoms with Gasteiger partial charge < -0.3 is 9.80 Å². The predicted octanol–water partition coefficient (Wildman–Crippen LogP) is 2.61. The second kappa shape index (κ2) is 8.28. The Morgan fingerprint density at radius 2 is 1.89 bits per heavy atom. The standard InChI is InChI=1S/C18H22ClN3O3S2/c1-20-8-10-22(11-9-20)27(24,25)16-5-3-4-14(12-16)18(23)21(2)13-15-6-7-17(19)26-15/h3-7,12H,8-11,13H2,1-2H3. The van der Waals surface area contributed by atoms with Gasteiger partial charge in [-0.2, -0.15) is 4.31 Å². The molecule has 1 amide bonds. The molecule has 2 heterocycles. The molecule has 1 saturated heterocycles. The maximum Gasteiger partial charge on any atom is 0.253 e. The molecule has 1 aliphatic heterocycles. The van der Waals surface area contributed by atoms with E-state index < -0.39 is 10.0 Å². The molecule has 0 atom stereocenters. The lowest BCUT2D eigenvalue weighted by Gasteiger charge is -2.31. The lowest BCUT2D eigenvalue weighted by Crippen LogP contribution is -2.47. The highest BCUT2D eigenvalue weighted by molar-refractivity contribution is 7.89. The van der Waals surface area contributed by atoms with Gasteiger partial charge in [-0.25, -0.2) is 8.42 Å². The molecule has 0 radical (unpaired) electrons. The summed E-state index contributed by atoms with van der Waals surface area (Å²) < 4.78 is 28.0. The molecule has 27 heavy (non-hydrogen) atoms. The lowest BCUT2D eigenvalue weighted by molar-refractivity contribution is 0.0786. The van der Waals surface area contributed by atoms with E-state index in [1.165, 1.54) is 21.7 Å². The van der Waals surface area contributed by atoms with Crippen LogP contribution in [-0.2, 0) is 16.6 Å². The molecule has 9 heteroatoms. The molecule has 1 aromatic heterocycles. The smallest absolute Gasteiger partial charge is 0.253 e. The van der Waals surface area contributed by atoms with E-state index in [0.717, 1.165) is 4.88 Å². The number of halogens is 1. The van der Waals surface area contributed by atoms with Crippen molar-refractivity contribution in [3.8, 4) is 0 Å². The molecule has 0 saturated carbocycles. The van der Waals surface area contributed by atoms with Gasteiger partial charge in [0.2, 0.25) is 10.0 Å². The summed E-state index contributed by atoms with van der Waals surface area (Å²) in [5.41, 5.74) is 0.357. The minimum absolute atomic E-state index is 0.158. The van der Waals surface area contributed by atoms with Crippen molar-refractivity contribution in [3.05, 3.63) is 51.2 Å². The van der Waals surface area contributed by atoms with Gasteiger partial charge in [-0.15, -0.1) is 11.3 Å². The van der Waals surface area contributed by atoms with Crippen LogP contribution in [0.25, 0.3) is 0 Å². The Morgan fingerprint density at radius 1 is 1.19 bits per heavy atom. The van der Waals surface area contributed by atoms with Crippen molar-refractivity contribution in [2.24, 2.45) is 0 Å². The topological polar surface area (TPSA) is 60.9 Å². The number of rotatable bonds is 5. The molecule has 1 aliphatic rings. The molecule has 0 spiro atoms. The van der Waals surface area contributed by atoms with Gasteiger partial charge in [0.1, 0.15) is 0 Å². The summed E-state index contributed by atoms with van der Waals surface area (Å²) >= 11 is 7.35. The number of carbonyl (C=O) groups excluding carboxylic acids is 1. The van der Waals surface area contributed by atoms with Crippen molar-refractivity contribution >= 4 is 38.9 Å². The molecule has 1 fully saturated rings. The minimum Gasteiger partial charge on any atom is -0.337 e. The summed E-state index contributed by atoms with van der Waals surface area (Å²) in [4.78, 5) is 17.5. The Bertz CT molecular complexity index is 921. The zero-order valence-electron chi connectivity index (χ0n) is 15.3. The lowest BCUT2D eigenvalue weighted by atomic mass is 10.2. The van der Waals surface area contributed by atoms with Crippen molar-refractivity contribution in [1.82, 2.24) is 14.1 Å². The van der Waals surface area contributed by atoms with Gasteiger partial charge in [-0.05, 0) is 37.4 Å². The SMILES string of the molecule is CN1CCN(S(=O)(=O)c2cccc(C(=O)N(C)Cc3ccc(Cl)s3)c2)CC1. The van der Waals surface area contributed by atoms with E-state index in [1.807, 2.05) is 13.1 Å². The van der Waals surface area contributed by atoms with E-state index >= 15 is 0 Å². The summed E-state index contributed by atoms with van der Waals surface area (Å²) in [5.74, 6) is -0.227. The summed E-state index contributed by atoms with van der Waals surface area (Å²) in [6, 6.07) is 9.95. The normalized spacial score (nSPS) is 16.4. The highest BCUT2D eigenvalue weighted by Crippen LogP contribution is 2.23. The highest BCUT2D eigenvalue weighted by atomic mass is 35.5. The van der Waals surface area contributed by atoms with E-state index in [9.17, 15) is 13.2 Å². The van der Waals surface area contributed by atoms with E-state index in [2.05, 4.69) is 4.90 Å².